The fourth-order valence-corrected chi connectivity index (χ4v) is 3.11. The van der Waals surface area contributed by atoms with Gasteiger partial charge >= 0.3 is 0 Å². The van der Waals surface area contributed by atoms with Crippen molar-refractivity contribution in [1.29, 1.82) is 0 Å². The van der Waals surface area contributed by atoms with Gasteiger partial charge in [-0.25, -0.2) is 4.98 Å². The van der Waals surface area contributed by atoms with Crippen LogP contribution >= 0.6 is 0 Å². The lowest BCUT2D eigenvalue weighted by atomic mass is 10.0. The van der Waals surface area contributed by atoms with Gasteiger partial charge in [0.25, 0.3) is 5.91 Å². The van der Waals surface area contributed by atoms with Crippen LogP contribution in [0.2, 0.25) is 0 Å². The van der Waals surface area contributed by atoms with Crippen molar-refractivity contribution in [3.63, 3.8) is 0 Å². The molecule has 0 spiro atoms. The van der Waals surface area contributed by atoms with E-state index in [0.29, 0.717) is 18.1 Å². The fourth-order valence-electron chi connectivity index (χ4n) is 3.11. The molecule has 0 fully saturated rings. The summed E-state index contributed by atoms with van der Waals surface area (Å²) in [4.78, 5) is 31.0. The van der Waals surface area contributed by atoms with Gasteiger partial charge in [0.15, 0.2) is 0 Å². The van der Waals surface area contributed by atoms with Crippen LogP contribution in [0.3, 0.4) is 0 Å². The number of carbonyl (C=O) groups excluding carboxylic acids is 2. The summed E-state index contributed by atoms with van der Waals surface area (Å²) in [6.45, 7) is 1.94. The minimum atomic E-state index is -0.176. The van der Waals surface area contributed by atoms with Gasteiger partial charge in [0.1, 0.15) is 0 Å². The Balaban J connectivity index is 1.48. The highest BCUT2D eigenvalue weighted by molar-refractivity contribution is 5.95. The van der Waals surface area contributed by atoms with E-state index in [1.54, 1.807) is 0 Å². The van der Waals surface area contributed by atoms with E-state index in [2.05, 4.69) is 20.6 Å². The molecule has 144 valence electrons. The lowest BCUT2D eigenvalue weighted by Gasteiger charge is -2.07. The van der Waals surface area contributed by atoms with Crippen LogP contribution < -0.4 is 10.6 Å². The molecule has 6 nitrogen and oxygen atoms in total. The van der Waals surface area contributed by atoms with Crippen molar-refractivity contribution in [2.75, 3.05) is 5.32 Å². The molecule has 3 N–H and O–H groups in total. The van der Waals surface area contributed by atoms with Crippen LogP contribution in [0.25, 0.3) is 22.2 Å². The molecule has 2 amide bonds. The van der Waals surface area contributed by atoms with Gasteiger partial charge in [-0.05, 0) is 41.0 Å². The molecular weight excluding hydrogens is 364 g/mol. The number of benzene rings is 3. The molecule has 4 rings (SSSR count). The Morgan fingerprint density at radius 2 is 1.66 bits per heavy atom. The molecule has 6 heteroatoms. The first-order valence-corrected chi connectivity index (χ1v) is 9.28. The third-order valence-electron chi connectivity index (χ3n) is 4.55. The van der Waals surface area contributed by atoms with Crippen LogP contribution in [0.4, 0.5) is 5.95 Å². The molecule has 0 saturated heterocycles. The molecule has 29 heavy (non-hydrogen) atoms. The first kappa shape index (κ1) is 18.4. The lowest BCUT2D eigenvalue weighted by Crippen LogP contribution is -2.22. The first-order chi connectivity index (χ1) is 14.1. The highest BCUT2D eigenvalue weighted by atomic mass is 16.2. The van der Waals surface area contributed by atoms with Crippen LogP contribution in [-0.2, 0) is 11.3 Å². The second-order valence-corrected chi connectivity index (χ2v) is 6.74. The summed E-state index contributed by atoms with van der Waals surface area (Å²) in [5, 5.41) is 5.58. The molecule has 0 saturated carbocycles. The van der Waals surface area contributed by atoms with E-state index in [4.69, 9.17) is 0 Å². The van der Waals surface area contributed by atoms with Crippen molar-refractivity contribution in [2.24, 2.45) is 0 Å². The fraction of sp³-hybridized carbons (Fsp3) is 0.0870. The van der Waals surface area contributed by atoms with Crippen molar-refractivity contribution in [3.8, 4) is 11.1 Å². The predicted molar refractivity (Wildman–Crippen MR) is 113 cm³/mol. The number of anilines is 1. The summed E-state index contributed by atoms with van der Waals surface area (Å²) in [6, 6.07) is 23.1. The number of carbonyl (C=O) groups is 2. The number of rotatable bonds is 5. The number of fused-ring (bicyclic) bond motifs is 1. The number of amides is 2. The Hall–Kier alpha value is -3.93. The maximum Gasteiger partial charge on any atom is 0.251 e. The van der Waals surface area contributed by atoms with E-state index in [9.17, 15) is 9.59 Å². The van der Waals surface area contributed by atoms with Gasteiger partial charge in [0.05, 0.1) is 11.0 Å². The molecule has 0 atom stereocenters. The largest absolute Gasteiger partial charge is 0.348 e. The first-order valence-electron chi connectivity index (χ1n) is 9.28. The summed E-state index contributed by atoms with van der Waals surface area (Å²) in [7, 11) is 0. The maximum absolute atomic E-state index is 12.4. The van der Waals surface area contributed by atoms with Crippen molar-refractivity contribution >= 4 is 28.8 Å². The Labute approximate surface area is 168 Å². The molecule has 0 bridgehead atoms. The van der Waals surface area contributed by atoms with E-state index in [-0.39, 0.29) is 11.8 Å². The predicted octanol–water partition coefficient (Wildman–Crippen LogP) is 4.12. The van der Waals surface area contributed by atoms with E-state index in [1.165, 1.54) is 6.92 Å². The normalized spacial score (nSPS) is 10.7. The van der Waals surface area contributed by atoms with E-state index in [0.717, 1.165) is 27.7 Å². The molecule has 0 unspecified atom stereocenters. The molecular formula is C23H20N4O2. The number of nitrogens with zero attached hydrogens (tertiary/aromatic N) is 1. The van der Waals surface area contributed by atoms with Crippen molar-refractivity contribution in [2.45, 2.75) is 13.5 Å². The average Bonchev–Trinajstić information content (AvgIpc) is 3.13. The number of aromatic nitrogens is 2. The number of H-pyrrole nitrogens is 1. The molecule has 0 aliphatic carbocycles. The molecule has 3 aromatic carbocycles. The van der Waals surface area contributed by atoms with Crippen LogP contribution in [0.15, 0.2) is 72.8 Å². The summed E-state index contributed by atoms with van der Waals surface area (Å²) in [6.07, 6.45) is 0. The Bertz CT molecular complexity index is 1160. The number of imidazole rings is 1. The van der Waals surface area contributed by atoms with Gasteiger partial charge in [-0.15, -0.1) is 0 Å². The summed E-state index contributed by atoms with van der Waals surface area (Å²) < 4.78 is 0. The van der Waals surface area contributed by atoms with Gasteiger partial charge < -0.3 is 10.3 Å². The highest BCUT2D eigenvalue weighted by Gasteiger charge is 2.08. The summed E-state index contributed by atoms with van der Waals surface area (Å²) in [5.74, 6) is 0.143. The van der Waals surface area contributed by atoms with E-state index < -0.39 is 0 Å². The minimum Gasteiger partial charge on any atom is -0.348 e. The molecule has 0 aliphatic rings. The van der Waals surface area contributed by atoms with Gasteiger partial charge in [-0.3, -0.25) is 14.9 Å². The van der Waals surface area contributed by atoms with Crippen LogP contribution in [-0.4, -0.2) is 21.8 Å². The second kappa shape index (κ2) is 7.98. The Morgan fingerprint density at radius 3 is 2.38 bits per heavy atom. The van der Waals surface area contributed by atoms with E-state index in [1.807, 2.05) is 72.8 Å². The smallest absolute Gasteiger partial charge is 0.251 e. The maximum atomic E-state index is 12.4. The molecule has 1 aromatic heterocycles. The summed E-state index contributed by atoms with van der Waals surface area (Å²) >= 11 is 0. The van der Waals surface area contributed by atoms with Crippen molar-refractivity contribution in [3.05, 3.63) is 83.9 Å². The van der Waals surface area contributed by atoms with Gasteiger partial charge in [-0.2, -0.15) is 0 Å². The second-order valence-electron chi connectivity index (χ2n) is 6.74. The third-order valence-corrected chi connectivity index (χ3v) is 4.55. The Kier molecular flexibility index (Phi) is 5.07. The zero-order chi connectivity index (χ0) is 20.2. The number of hydrogen-bond donors (Lipinski definition) is 3. The molecule has 0 aliphatic heterocycles. The topological polar surface area (TPSA) is 86.9 Å². The van der Waals surface area contributed by atoms with Gasteiger partial charge in [0.2, 0.25) is 11.9 Å². The number of hydrogen-bond acceptors (Lipinski definition) is 3. The summed E-state index contributed by atoms with van der Waals surface area (Å²) in [5.41, 5.74) is 5.25. The lowest BCUT2D eigenvalue weighted by molar-refractivity contribution is -0.114. The van der Waals surface area contributed by atoms with Crippen LogP contribution in [0.1, 0.15) is 22.8 Å². The number of aromatic amines is 1. The number of nitrogens with one attached hydrogen (secondary N) is 3. The molecule has 4 aromatic rings. The van der Waals surface area contributed by atoms with Gasteiger partial charge in [0, 0.05) is 19.0 Å². The monoisotopic (exact) mass is 384 g/mol. The highest BCUT2D eigenvalue weighted by Crippen LogP contribution is 2.24. The van der Waals surface area contributed by atoms with E-state index >= 15 is 0 Å². The van der Waals surface area contributed by atoms with Crippen LogP contribution in [0, 0.1) is 0 Å². The standard InChI is InChI=1S/C23H20N4O2/c1-15(28)25-23-26-20-12-11-19(13-21(20)27-23)17-7-9-18(10-8-17)22(29)24-14-16-5-3-2-4-6-16/h2-13H,14H2,1H3,(H,24,29)(H2,25,26,27,28). The van der Waals surface area contributed by atoms with Crippen molar-refractivity contribution < 1.29 is 9.59 Å². The quantitative estimate of drug-likeness (QED) is 0.484. The van der Waals surface area contributed by atoms with Gasteiger partial charge in [-0.1, -0.05) is 48.5 Å². The zero-order valence-electron chi connectivity index (χ0n) is 15.9. The zero-order valence-corrected chi connectivity index (χ0v) is 15.9. The van der Waals surface area contributed by atoms with Crippen molar-refractivity contribution in [1.82, 2.24) is 15.3 Å². The third kappa shape index (κ3) is 4.32. The molecule has 0 radical (unpaired) electrons. The molecule has 1 heterocycles. The SMILES string of the molecule is CC(=O)Nc1nc2ccc(-c3ccc(C(=O)NCc4ccccc4)cc3)cc2[nH]1. The minimum absolute atomic E-state index is 0.107. The Morgan fingerprint density at radius 1 is 0.931 bits per heavy atom. The average molecular weight is 384 g/mol. The van der Waals surface area contributed by atoms with Crippen LogP contribution in [0.5, 0.6) is 0 Å².